The van der Waals surface area contributed by atoms with Crippen molar-refractivity contribution < 1.29 is 14.6 Å². The van der Waals surface area contributed by atoms with E-state index in [1.165, 1.54) is 11.3 Å². The number of nitrogens with zero attached hydrogens (tertiary/aromatic N) is 2. The first-order valence-corrected chi connectivity index (χ1v) is 6.51. The van der Waals surface area contributed by atoms with Crippen molar-refractivity contribution in [3.63, 3.8) is 0 Å². The number of carbonyl (C=O) groups is 1. The van der Waals surface area contributed by atoms with Crippen LogP contribution in [0.4, 0.5) is 5.13 Å². The summed E-state index contributed by atoms with van der Waals surface area (Å²) >= 11 is 1.50. The number of hydrogen-bond donors (Lipinski definition) is 1. The largest absolute Gasteiger partial charge is 0.481 e. The number of carboxylic acid groups (broad SMARTS) is 1. The Morgan fingerprint density at radius 2 is 2.35 bits per heavy atom. The van der Waals surface area contributed by atoms with Gasteiger partial charge in [0.2, 0.25) is 0 Å². The van der Waals surface area contributed by atoms with Crippen molar-refractivity contribution >= 4 is 22.4 Å². The van der Waals surface area contributed by atoms with Crippen molar-refractivity contribution in [3.05, 3.63) is 11.1 Å². The monoisotopic (exact) mass is 256 g/mol. The van der Waals surface area contributed by atoms with Crippen LogP contribution < -0.4 is 4.90 Å². The van der Waals surface area contributed by atoms with Crippen LogP contribution in [0.2, 0.25) is 0 Å². The SMILES string of the molecule is CN(c1nc(CC(=O)O)cs1)C1CCOCC1. The van der Waals surface area contributed by atoms with Gasteiger partial charge in [-0.15, -0.1) is 11.3 Å². The molecule has 0 aliphatic carbocycles. The van der Waals surface area contributed by atoms with Crippen LogP contribution in [0.15, 0.2) is 5.38 Å². The topological polar surface area (TPSA) is 62.7 Å². The number of aromatic nitrogens is 1. The second kappa shape index (κ2) is 5.46. The van der Waals surface area contributed by atoms with Gasteiger partial charge in [-0.25, -0.2) is 4.98 Å². The molecule has 1 saturated heterocycles. The summed E-state index contributed by atoms with van der Waals surface area (Å²) in [5, 5.41) is 11.4. The van der Waals surface area contributed by atoms with Crippen LogP contribution in [0.3, 0.4) is 0 Å². The summed E-state index contributed by atoms with van der Waals surface area (Å²) in [6.45, 7) is 1.59. The lowest BCUT2D eigenvalue weighted by molar-refractivity contribution is -0.136. The minimum Gasteiger partial charge on any atom is -0.481 e. The fourth-order valence-corrected chi connectivity index (χ4v) is 2.79. The highest BCUT2D eigenvalue weighted by atomic mass is 32.1. The number of ether oxygens (including phenoxy) is 1. The average molecular weight is 256 g/mol. The van der Waals surface area contributed by atoms with Gasteiger partial charge < -0.3 is 14.7 Å². The molecule has 1 fully saturated rings. The van der Waals surface area contributed by atoms with Gasteiger partial charge in [-0.3, -0.25) is 4.79 Å². The first kappa shape index (κ1) is 12.3. The molecule has 2 rings (SSSR count). The maximum atomic E-state index is 10.6. The molecule has 0 unspecified atom stereocenters. The quantitative estimate of drug-likeness (QED) is 0.882. The molecule has 0 atom stereocenters. The van der Waals surface area contributed by atoms with Crippen LogP contribution in [0, 0.1) is 0 Å². The highest BCUT2D eigenvalue weighted by molar-refractivity contribution is 7.13. The van der Waals surface area contributed by atoms with E-state index in [4.69, 9.17) is 9.84 Å². The van der Waals surface area contributed by atoms with Gasteiger partial charge >= 0.3 is 5.97 Å². The Hall–Kier alpha value is -1.14. The molecular formula is C11H16N2O3S. The van der Waals surface area contributed by atoms with Gasteiger partial charge in [0.25, 0.3) is 0 Å². The summed E-state index contributed by atoms with van der Waals surface area (Å²) in [7, 11) is 2.01. The summed E-state index contributed by atoms with van der Waals surface area (Å²) in [5.74, 6) is -0.837. The van der Waals surface area contributed by atoms with Crippen LogP contribution in [0.25, 0.3) is 0 Å². The molecule has 0 bridgehead atoms. The van der Waals surface area contributed by atoms with Crippen molar-refractivity contribution in [2.45, 2.75) is 25.3 Å². The minimum absolute atomic E-state index is 0.00187. The summed E-state index contributed by atoms with van der Waals surface area (Å²) in [4.78, 5) is 17.1. The number of thiazole rings is 1. The van der Waals surface area contributed by atoms with Crippen molar-refractivity contribution in [2.24, 2.45) is 0 Å². The minimum atomic E-state index is -0.837. The van der Waals surface area contributed by atoms with E-state index < -0.39 is 5.97 Å². The smallest absolute Gasteiger partial charge is 0.309 e. The Balaban J connectivity index is 2.00. The van der Waals surface area contributed by atoms with Crippen molar-refractivity contribution in [2.75, 3.05) is 25.2 Å². The summed E-state index contributed by atoms with van der Waals surface area (Å²) in [6, 6.07) is 0.451. The molecule has 0 radical (unpaired) electrons. The maximum absolute atomic E-state index is 10.6. The molecule has 0 saturated carbocycles. The third-order valence-electron chi connectivity index (χ3n) is 2.91. The van der Waals surface area contributed by atoms with Gasteiger partial charge in [-0.2, -0.15) is 0 Å². The zero-order chi connectivity index (χ0) is 12.3. The van der Waals surface area contributed by atoms with Gasteiger partial charge in [0.05, 0.1) is 12.1 Å². The lowest BCUT2D eigenvalue weighted by Crippen LogP contribution is -2.36. The molecule has 17 heavy (non-hydrogen) atoms. The van der Waals surface area contributed by atoms with E-state index >= 15 is 0 Å². The van der Waals surface area contributed by atoms with E-state index in [0.29, 0.717) is 11.7 Å². The molecule has 1 aromatic heterocycles. The van der Waals surface area contributed by atoms with E-state index in [-0.39, 0.29) is 6.42 Å². The molecule has 1 aromatic rings. The standard InChI is InChI=1S/C11H16N2O3S/c1-13(9-2-4-16-5-3-9)11-12-8(7-17-11)6-10(14)15/h7,9H,2-6H2,1H3,(H,14,15). The highest BCUT2D eigenvalue weighted by Crippen LogP contribution is 2.25. The number of anilines is 1. The lowest BCUT2D eigenvalue weighted by Gasteiger charge is -2.30. The predicted molar refractivity (Wildman–Crippen MR) is 65.7 cm³/mol. The second-order valence-corrected chi connectivity index (χ2v) is 4.98. The molecular weight excluding hydrogens is 240 g/mol. The zero-order valence-electron chi connectivity index (χ0n) is 9.76. The Labute approximate surface area is 104 Å². The molecule has 0 aromatic carbocycles. The van der Waals surface area contributed by atoms with E-state index in [9.17, 15) is 4.79 Å². The fourth-order valence-electron chi connectivity index (χ4n) is 1.92. The van der Waals surface area contributed by atoms with E-state index in [1.54, 1.807) is 0 Å². The Bertz CT molecular complexity index is 388. The van der Waals surface area contributed by atoms with Crippen molar-refractivity contribution in [1.29, 1.82) is 0 Å². The Kier molecular flexibility index (Phi) is 3.96. The predicted octanol–water partition coefficient (Wildman–Crippen LogP) is 1.39. The van der Waals surface area contributed by atoms with Gasteiger partial charge in [0.15, 0.2) is 5.13 Å². The van der Waals surface area contributed by atoms with Crippen LogP contribution in [0.5, 0.6) is 0 Å². The third-order valence-corrected chi connectivity index (χ3v) is 3.89. The molecule has 94 valence electrons. The van der Waals surface area contributed by atoms with Gasteiger partial charge in [0, 0.05) is 31.7 Å². The Morgan fingerprint density at radius 3 is 3.00 bits per heavy atom. The first-order valence-electron chi connectivity index (χ1n) is 5.63. The fraction of sp³-hybridized carbons (Fsp3) is 0.636. The molecule has 0 amide bonds. The number of aliphatic carboxylic acids is 1. The number of rotatable bonds is 4. The molecule has 6 heteroatoms. The Morgan fingerprint density at radius 1 is 1.65 bits per heavy atom. The average Bonchev–Trinajstić information content (AvgIpc) is 2.77. The number of carboxylic acids is 1. The molecule has 2 heterocycles. The van der Waals surface area contributed by atoms with Crippen LogP contribution in [0.1, 0.15) is 18.5 Å². The normalized spacial score (nSPS) is 17.0. The van der Waals surface area contributed by atoms with Crippen LogP contribution in [-0.4, -0.2) is 42.4 Å². The molecule has 1 aliphatic rings. The summed E-state index contributed by atoms with van der Waals surface area (Å²) < 4.78 is 5.32. The molecule has 1 aliphatic heterocycles. The maximum Gasteiger partial charge on any atom is 0.309 e. The summed E-state index contributed by atoms with van der Waals surface area (Å²) in [5.41, 5.74) is 0.636. The molecule has 1 N–H and O–H groups in total. The highest BCUT2D eigenvalue weighted by Gasteiger charge is 2.20. The number of hydrogen-bond acceptors (Lipinski definition) is 5. The van der Waals surface area contributed by atoms with Gasteiger partial charge in [0.1, 0.15) is 0 Å². The molecule has 0 spiro atoms. The van der Waals surface area contributed by atoms with Gasteiger partial charge in [-0.05, 0) is 12.8 Å². The van der Waals surface area contributed by atoms with E-state index in [1.807, 2.05) is 12.4 Å². The van der Waals surface area contributed by atoms with Crippen LogP contribution in [-0.2, 0) is 16.0 Å². The van der Waals surface area contributed by atoms with Crippen molar-refractivity contribution in [3.8, 4) is 0 Å². The zero-order valence-corrected chi connectivity index (χ0v) is 10.6. The molecule has 5 nitrogen and oxygen atoms in total. The van der Waals surface area contributed by atoms with Crippen LogP contribution >= 0.6 is 11.3 Å². The third kappa shape index (κ3) is 3.17. The lowest BCUT2D eigenvalue weighted by atomic mass is 10.1. The van der Waals surface area contributed by atoms with E-state index in [0.717, 1.165) is 31.2 Å². The van der Waals surface area contributed by atoms with Gasteiger partial charge in [-0.1, -0.05) is 0 Å². The second-order valence-electron chi connectivity index (χ2n) is 4.15. The van der Waals surface area contributed by atoms with E-state index in [2.05, 4.69) is 9.88 Å². The van der Waals surface area contributed by atoms with Crippen molar-refractivity contribution in [1.82, 2.24) is 4.98 Å². The first-order chi connectivity index (χ1) is 8.16. The summed E-state index contributed by atoms with van der Waals surface area (Å²) in [6.07, 6.45) is 2.01.